The first-order valence-electron chi connectivity index (χ1n) is 4.78. The van der Waals surface area contributed by atoms with Gasteiger partial charge in [0.15, 0.2) is 11.5 Å². The minimum absolute atomic E-state index is 0.356. The van der Waals surface area contributed by atoms with Crippen LogP contribution >= 0.6 is 24.0 Å². The average Bonchev–Trinajstić information content (AvgIpc) is 2.29. The van der Waals surface area contributed by atoms with E-state index in [1.807, 2.05) is 18.4 Å². The normalized spacial score (nSPS) is 9.88. The molecule has 1 aromatic carbocycles. The maximum Gasteiger partial charge on any atom is 0.161 e. The Labute approximate surface area is 105 Å². The molecule has 0 atom stereocenters. The molecule has 16 heavy (non-hydrogen) atoms. The fraction of sp³-hybridized carbons (Fsp3) is 0.364. The number of nitrogens with two attached hydrogens (primary N) is 1. The molecule has 0 aliphatic heterocycles. The Kier molecular flexibility index (Phi) is 5.42. The zero-order chi connectivity index (χ0) is 12.0. The molecule has 0 aromatic heterocycles. The Balaban J connectivity index is 2.80. The summed E-state index contributed by atoms with van der Waals surface area (Å²) in [4.78, 5) is 0.356. The summed E-state index contributed by atoms with van der Waals surface area (Å²) in [6.45, 7) is 0.657. The minimum Gasteiger partial charge on any atom is -0.493 e. The van der Waals surface area contributed by atoms with Crippen LogP contribution in [0.3, 0.4) is 0 Å². The molecule has 0 fully saturated rings. The summed E-state index contributed by atoms with van der Waals surface area (Å²) in [5.74, 6) is 2.32. The highest BCUT2D eigenvalue weighted by atomic mass is 32.2. The Morgan fingerprint density at radius 2 is 2.19 bits per heavy atom. The lowest BCUT2D eigenvalue weighted by Gasteiger charge is -2.11. The van der Waals surface area contributed by atoms with Crippen LogP contribution in [0.15, 0.2) is 18.2 Å². The van der Waals surface area contributed by atoms with Crippen LogP contribution in [0.2, 0.25) is 0 Å². The van der Waals surface area contributed by atoms with Gasteiger partial charge in [-0.05, 0) is 24.5 Å². The van der Waals surface area contributed by atoms with Gasteiger partial charge in [0, 0.05) is 11.3 Å². The molecular weight excluding hydrogens is 242 g/mol. The average molecular weight is 257 g/mol. The maximum atomic E-state index is 5.57. The largest absolute Gasteiger partial charge is 0.493 e. The van der Waals surface area contributed by atoms with Crippen molar-refractivity contribution in [1.82, 2.24) is 0 Å². The molecule has 2 N–H and O–H groups in total. The Morgan fingerprint density at radius 3 is 2.75 bits per heavy atom. The number of ether oxygens (including phenoxy) is 2. The lowest BCUT2D eigenvalue weighted by molar-refractivity contribution is 0.313. The molecule has 0 aliphatic rings. The minimum atomic E-state index is 0.356. The first-order chi connectivity index (χ1) is 7.69. The molecule has 0 heterocycles. The number of thioether (sulfide) groups is 1. The Bertz CT molecular complexity index is 369. The van der Waals surface area contributed by atoms with E-state index in [1.165, 1.54) is 0 Å². The highest BCUT2D eigenvalue weighted by molar-refractivity contribution is 7.98. The molecule has 0 unspecified atom stereocenters. The summed E-state index contributed by atoms with van der Waals surface area (Å²) >= 11 is 6.63. The number of benzene rings is 1. The van der Waals surface area contributed by atoms with Gasteiger partial charge in [-0.1, -0.05) is 12.2 Å². The molecule has 0 spiro atoms. The molecule has 3 nitrogen and oxygen atoms in total. The van der Waals surface area contributed by atoms with E-state index in [0.717, 1.165) is 17.1 Å². The highest BCUT2D eigenvalue weighted by Crippen LogP contribution is 2.28. The number of rotatable bonds is 6. The standard InChI is InChI=1S/C11H15NO2S2/c1-13-10-7-8(11(12)15)3-4-9(10)14-5-6-16-2/h3-4,7H,5-6H2,1-2H3,(H2,12,15). The predicted octanol–water partition coefficient (Wildman–Crippen LogP) is 2.07. The molecule has 0 radical (unpaired) electrons. The van der Waals surface area contributed by atoms with E-state index in [9.17, 15) is 0 Å². The number of hydrogen-bond donors (Lipinski definition) is 1. The van der Waals surface area contributed by atoms with Crippen molar-refractivity contribution in [3.8, 4) is 11.5 Å². The third-order valence-electron chi connectivity index (χ3n) is 1.99. The zero-order valence-corrected chi connectivity index (χ0v) is 11.0. The fourth-order valence-corrected chi connectivity index (χ4v) is 1.55. The molecule has 0 aliphatic carbocycles. The third kappa shape index (κ3) is 3.57. The van der Waals surface area contributed by atoms with Crippen molar-refractivity contribution in [2.24, 2.45) is 5.73 Å². The van der Waals surface area contributed by atoms with Crippen LogP contribution in [0.5, 0.6) is 11.5 Å². The lowest BCUT2D eigenvalue weighted by Crippen LogP contribution is -2.10. The summed E-state index contributed by atoms with van der Waals surface area (Å²) < 4.78 is 10.8. The topological polar surface area (TPSA) is 44.5 Å². The summed E-state index contributed by atoms with van der Waals surface area (Å²) in [5.41, 5.74) is 6.32. The lowest BCUT2D eigenvalue weighted by atomic mass is 10.2. The number of methoxy groups -OCH3 is 1. The number of thiocarbonyl (C=S) groups is 1. The van der Waals surface area contributed by atoms with Gasteiger partial charge in [0.25, 0.3) is 0 Å². The summed E-state index contributed by atoms with van der Waals surface area (Å²) in [5, 5.41) is 0. The van der Waals surface area contributed by atoms with Crippen molar-refractivity contribution >= 4 is 29.0 Å². The van der Waals surface area contributed by atoms with Crippen LogP contribution in [0.4, 0.5) is 0 Å². The summed E-state index contributed by atoms with van der Waals surface area (Å²) in [6.07, 6.45) is 2.04. The van der Waals surface area contributed by atoms with Crippen molar-refractivity contribution in [2.45, 2.75) is 0 Å². The van der Waals surface area contributed by atoms with Gasteiger partial charge in [0.2, 0.25) is 0 Å². The van der Waals surface area contributed by atoms with Gasteiger partial charge in [0.05, 0.1) is 13.7 Å². The van der Waals surface area contributed by atoms with E-state index in [1.54, 1.807) is 24.9 Å². The van der Waals surface area contributed by atoms with Crippen LogP contribution in [-0.4, -0.2) is 30.7 Å². The van der Waals surface area contributed by atoms with E-state index < -0.39 is 0 Å². The second-order valence-electron chi connectivity index (χ2n) is 3.07. The number of hydrogen-bond acceptors (Lipinski definition) is 4. The quantitative estimate of drug-likeness (QED) is 0.624. The Morgan fingerprint density at radius 1 is 1.44 bits per heavy atom. The second-order valence-corrected chi connectivity index (χ2v) is 4.50. The summed E-state index contributed by atoms with van der Waals surface area (Å²) in [7, 11) is 1.60. The van der Waals surface area contributed by atoms with Gasteiger partial charge in [0.1, 0.15) is 4.99 Å². The van der Waals surface area contributed by atoms with Crippen LogP contribution in [0, 0.1) is 0 Å². The summed E-state index contributed by atoms with van der Waals surface area (Å²) in [6, 6.07) is 5.45. The molecule has 5 heteroatoms. The molecule has 0 bridgehead atoms. The Hall–Kier alpha value is -0.940. The van der Waals surface area contributed by atoms with Crippen molar-refractivity contribution in [3.05, 3.63) is 23.8 Å². The van der Waals surface area contributed by atoms with Gasteiger partial charge in [-0.15, -0.1) is 0 Å². The third-order valence-corrected chi connectivity index (χ3v) is 2.80. The van der Waals surface area contributed by atoms with E-state index in [-0.39, 0.29) is 0 Å². The maximum absolute atomic E-state index is 5.57. The van der Waals surface area contributed by atoms with Gasteiger partial charge in [-0.25, -0.2) is 0 Å². The molecule has 1 rings (SSSR count). The molecular formula is C11H15NO2S2. The second kappa shape index (κ2) is 6.60. The molecule has 0 amide bonds. The first-order valence-corrected chi connectivity index (χ1v) is 6.59. The van der Waals surface area contributed by atoms with Crippen LogP contribution in [-0.2, 0) is 0 Å². The van der Waals surface area contributed by atoms with E-state index in [4.69, 9.17) is 27.4 Å². The molecule has 88 valence electrons. The zero-order valence-electron chi connectivity index (χ0n) is 9.36. The van der Waals surface area contributed by atoms with E-state index >= 15 is 0 Å². The monoisotopic (exact) mass is 257 g/mol. The van der Waals surface area contributed by atoms with E-state index in [2.05, 4.69) is 0 Å². The van der Waals surface area contributed by atoms with Crippen molar-refractivity contribution in [3.63, 3.8) is 0 Å². The van der Waals surface area contributed by atoms with Crippen LogP contribution in [0.1, 0.15) is 5.56 Å². The van der Waals surface area contributed by atoms with Crippen LogP contribution < -0.4 is 15.2 Å². The van der Waals surface area contributed by atoms with Gasteiger partial charge in [-0.3, -0.25) is 0 Å². The van der Waals surface area contributed by atoms with Crippen molar-refractivity contribution < 1.29 is 9.47 Å². The van der Waals surface area contributed by atoms with Gasteiger partial charge in [-0.2, -0.15) is 11.8 Å². The highest BCUT2D eigenvalue weighted by Gasteiger charge is 2.06. The predicted molar refractivity (Wildman–Crippen MR) is 72.8 cm³/mol. The smallest absolute Gasteiger partial charge is 0.161 e. The van der Waals surface area contributed by atoms with Crippen LogP contribution in [0.25, 0.3) is 0 Å². The fourth-order valence-electron chi connectivity index (χ4n) is 1.18. The van der Waals surface area contributed by atoms with E-state index in [0.29, 0.717) is 17.3 Å². The molecule has 1 aromatic rings. The van der Waals surface area contributed by atoms with Crippen molar-refractivity contribution in [1.29, 1.82) is 0 Å². The first kappa shape index (κ1) is 13.1. The van der Waals surface area contributed by atoms with Gasteiger partial charge >= 0.3 is 0 Å². The van der Waals surface area contributed by atoms with Gasteiger partial charge < -0.3 is 15.2 Å². The SMILES string of the molecule is COc1cc(C(N)=S)ccc1OCCSC. The molecule has 0 saturated heterocycles. The molecule has 0 saturated carbocycles. The van der Waals surface area contributed by atoms with Crippen molar-refractivity contribution in [2.75, 3.05) is 25.7 Å².